The van der Waals surface area contributed by atoms with Gasteiger partial charge < -0.3 is 25.6 Å². The number of carbonyl (C=O) groups excluding carboxylic acids is 2. The molecule has 0 heterocycles. The van der Waals surface area contributed by atoms with E-state index in [1.807, 2.05) is 13.8 Å². The van der Waals surface area contributed by atoms with Gasteiger partial charge in [0.1, 0.15) is 11.6 Å². The lowest BCUT2D eigenvalue weighted by Crippen LogP contribution is -2.54. The van der Waals surface area contributed by atoms with E-state index >= 15 is 0 Å². The van der Waals surface area contributed by atoms with E-state index in [0.29, 0.717) is 6.42 Å². The molecule has 0 fully saturated rings. The summed E-state index contributed by atoms with van der Waals surface area (Å²) in [7, 11) is 0. The number of hydrogen-bond donors (Lipinski definition) is 4. The van der Waals surface area contributed by atoms with Gasteiger partial charge in [0.15, 0.2) is 0 Å². The molecule has 7 nitrogen and oxygen atoms in total. The van der Waals surface area contributed by atoms with E-state index < -0.39 is 41.9 Å². The Bertz CT molecular complexity index is 445. The van der Waals surface area contributed by atoms with Crippen molar-refractivity contribution in [1.29, 1.82) is 0 Å². The number of carbonyl (C=O) groups is 2. The Morgan fingerprint density at radius 3 is 2.16 bits per heavy atom. The van der Waals surface area contributed by atoms with Gasteiger partial charge in [-0.1, -0.05) is 19.9 Å². The predicted octanol–water partition coefficient (Wildman–Crippen LogP) is 1.73. The van der Waals surface area contributed by atoms with Crippen molar-refractivity contribution in [2.45, 2.75) is 84.3 Å². The van der Waals surface area contributed by atoms with Crippen LogP contribution < -0.4 is 10.6 Å². The second-order valence-corrected chi connectivity index (χ2v) is 7.71. The first-order chi connectivity index (χ1) is 11.4. The molecule has 0 unspecified atom stereocenters. The van der Waals surface area contributed by atoms with Crippen molar-refractivity contribution in [2.24, 2.45) is 5.92 Å². The maximum Gasteiger partial charge on any atom is 0.408 e. The maximum absolute atomic E-state index is 12.4. The maximum atomic E-state index is 12.4. The highest BCUT2D eigenvalue weighted by Crippen LogP contribution is 2.11. The molecule has 0 radical (unpaired) electrons. The second kappa shape index (κ2) is 10.4. The summed E-state index contributed by atoms with van der Waals surface area (Å²) in [4.78, 5) is 24.2. The third-order valence-electron chi connectivity index (χ3n) is 3.40. The minimum atomic E-state index is -1.10. The molecule has 4 atom stereocenters. The van der Waals surface area contributed by atoms with Crippen LogP contribution in [0.5, 0.6) is 0 Å². The molecule has 0 aromatic carbocycles. The molecule has 0 saturated carbocycles. The monoisotopic (exact) mass is 358 g/mol. The number of rotatable bonds is 9. The highest BCUT2D eigenvalue weighted by molar-refractivity contribution is 5.86. The first-order valence-electron chi connectivity index (χ1n) is 8.64. The van der Waals surface area contributed by atoms with Gasteiger partial charge in [0.25, 0.3) is 0 Å². The van der Waals surface area contributed by atoms with Gasteiger partial charge in [-0.25, -0.2) is 4.79 Å². The van der Waals surface area contributed by atoms with E-state index in [0.717, 1.165) is 0 Å². The Labute approximate surface area is 150 Å². The van der Waals surface area contributed by atoms with E-state index in [9.17, 15) is 19.8 Å². The van der Waals surface area contributed by atoms with Crippen molar-refractivity contribution in [3.05, 3.63) is 12.7 Å². The molecule has 0 aliphatic heterocycles. The molecular weight excluding hydrogens is 324 g/mol. The molecule has 146 valence electrons. The first-order valence-corrected chi connectivity index (χ1v) is 8.64. The van der Waals surface area contributed by atoms with Crippen LogP contribution in [0.3, 0.4) is 0 Å². The molecular formula is C18H34N2O5. The predicted molar refractivity (Wildman–Crippen MR) is 97.0 cm³/mol. The third-order valence-corrected chi connectivity index (χ3v) is 3.40. The molecule has 2 amide bonds. The van der Waals surface area contributed by atoms with Crippen molar-refractivity contribution in [3.63, 3.8) is 0 Å². The Morgan fingerprint density at radius 1 is 1.16 bits per heavy atom. The summed E-state index contributed by atoms with van der Waals surface area (Å²) >= 11 is 0. The molecule has 0 rings (SSSR count). The number of ether oxygens (including phenoxy) is 1. The molecule has 0 saturated heterocycles. The second-order valence-electron chi connectivity index (χ2n) is 7.71. The van der Waals surface area contributed by atoms with Crippen LogP contribution in [0.2, 0.25) is 0 Å². The molecule has 0 aromatic heterocycles. The summed E-state index contributed by atoms with van der Waals surface area (Å²) in [5.74, 6) is -0.260. The molecule has 4 N–H and O–H groups in total. The smallest absolute Gasteiger partial charge is 0.408 e. The summed E-state index contributed by atoms with van der Waals surface area (Å²) in [5, 5.41) is 25.2. The van der Waals surface area contributed by atoms with Gasteiger partial charge in [-0.2, -0.15) is 0 Å². The van der Waals surface area contributed by atoms with Crippen LogP contribution >= 0.6 is 0 Å². The van der Waals surface area contributed by atoms with Crippen LogP contribution in [0, 0.1) is 5.92 Å². The fraction of sp³-hybridized carbons (Fsp3) is 0.778. The van der Waals surface area contributed by atoms with Crippen molar-refractivity contribution < 1.29 is 24.5 Å². The standard InChI is InChI=1S/C18H34N2O5/c1-8-9-13(20-17(24)25-18(5,6)7)16(23)19-12(4)15(22)14(21)10-11(2)3/h8,11-15,21-22H,1,9-10H2,2-7H3,(H,19,23)(H,20,24)/t12-,13-,14-,15+/m0/s1. The fourth-order valence-electron chi connectivity index (χ4n) is 2.21. The quantitative estimate of drug-likeness (QED) is 0.470. The number of amides is 2. The van der Waals surface area contributed by atoms with Crippen molar-refractivity contribution in [1.82, 2.24) is 10.6 Å². The Morgan fingerprint density at radius 2 is 1.72 bits per heavy atom. The molecule has 0 aliphatic carbocycles. The van der Waals surface area contributed by atoms with Crippen LogP contribution in [0.4, 0.5) is 4.79 Å². The lowest BCUT2D eigenvalue weighted by molar-refractivity contribution is -0.125. The summed E-state index contributed by atoms with van der Waals surface area (Å²) in [6, 6.07) is -1.54. The molecule has 0 aromatic rings. The fourth-order valence-corrected chi connectivity index (χ4v) is 2.21. The van der Waals surface area contributed by atoms with E-state index in [1.54, 1.807) is 27.7 Å². The van der Waals surface area contributed by atoms with Gasteiger partial charge in [0.05, 0.1) is 18.2 Å². The summed E-state index contributed by atoms with van der Waals surface area (Å²) in [6.45, 7) is 14.2. The Kier molecular flexibility index (Phi) is 9.74. The van der Waals surface area contributed by atoms with Gasteiger partial charge in [-0.15, -0.1) is 6.58 Å². The Balaban J connectivity index is 4.77. The van der Waals surface area contributed by atoms with Gasteiger partial charge in [-0.05, 0) is 46.5 Å². The molecule has 0 aliphatic rings. The van der Waals surface area contributed by atoms with E-state index in [2.05, 4.69) is 17.2 Å². The van der Waals surface area contributed by atoms with E-state index in [4.69, 9.17) is 4.74 Å². The van der Waals surface area contributed by atoms with Crippen LogP contribution in [-0.2, 0) is 9.53 Å². The van der Waals surface area contributed by atoms with Gasteiger partial charge in [0.2, 0.25) is 5.91 Å². The van der Waals surface area contributed by atoms with Crippen molar-refractivity contribution >= 4 is 12.0 Å². The van der Waals surface area contributed by atoms with Crippen LogP contribution in [0.25, 0.3) is 0 Å². The minimum absolute atomic E-state index is 0.211. The normalized spacial score (nSPS) is 16.5. The zero-order chi connectivity index (χ0) is 19.8. The average molecular weight is 358 g/mol. The zero-order valence-corrected chi connectivity index (χ0v) is 16.2. The number of alkyl carbamates (subject to hydrolysis) is 1. The lowest BCUT2D eigenvalue weighted by atomic mass is 9.98. The van der Waals surface area contributed by atoms with Crippen molar-refractivity contribution in [3.8, 4) is 0 Å². The highest BCUT2D eigenvalue weighted by Gasteiger charge is 2.28. The number of aliphatic hydroxyl groups is 2. The topological polar surface area (TPSA) is 108 Å². The van der Waals surface area contributed by atoms with Crippen LogP contribution in [-0.4, -0.2) is 52.1 Å². The summed E-state index contributed by atoms with van der Waals surface area (Å²) < 4.78 is 5.15. The summed E-state index contributed by atoms with van der Waals surface area (Å²) in [6.07, 6.45) is -0.599. The van der Waals surface area contributed by atoms with Gasteiger partial charge in [0, 0.05) is 0 Å². The Hall–Kier alpha value is -1.60. The van der Waals surface area contributed by atoms with Gasteiger partial charge in [-0.3, -0.25) is 4.79 Å². The summed E-state index contributed by atoms with van der Waals surface area (Å²) in [5.41, 5.74) is -0.677. The third kappa shape index (κ3) is 10.1. The van der Waals surface area contributed by atoms with E-state index in [1.165, 1.54) is 6.08 Å². The molecule has 25 heavy (non-hydrogen) atoms. The van der Waals surface area contributed by atoms with Crippen LogP contribution in [0.15, 0.2) is 12.7 Å². The number of aliphatic hydroxyl groups excluding tert-OH is 2. The number of hydrogen-bond acceptors (Lipinski definition) is 5. The van der Waals surface area contributed by atoms with Gasteiger partial charge >= 0.3 is 6.09 Å². The SMILES string of the molecule is C=CC[C@H](NC(=O)OC(C)(C)C)C(=O)N[C@@H](C)[C@@H](O)[C@@H](O)CC(C)C. The largest absolute Gasteiger partial charge is 0.444 e. The minimum Gasteiger partial charge on any atom is -0.444 e. The lowest BCUT2D eigenvalue weighted by Gasteiger charge is -2.28. The average Bonchev–Trinajstić information content (AvgIpc) is 2.42. The molecule has 0 bridgehead atoms. The molecule has 0 spiro atoms. The van der Waals surface area contributed by atoms with E-state index in [-0.39, 0.29) is 12.3 Å². The highest BCUT2D eigenvalue weighted by atomic mass is 16.6. The zero-order valence-electron chi connectivity index (χ0n) is 16.2. The van der Waals surface area contributed by atoms with Crippen LogP contribution in [0.1, 0.15) is 54.4 Å². The molecule has 7 heteroatoms. The number of nitrogens with one attached hydrogen (secondary N) is 2. The first kappa shape index (κ1) is 23.4. The van der Waals surface area contributed by atoms with Crippen molar-refractivity contribution in [2.75, 3.05) is 0 Å².